The molecule has 2 amide bonds. The molecule has 0 aliphatic heterocycles. The van der Waals surface area contributed by atoms with Crippen LogP contribution >= 0.6 is 0 Å². The van der Waals surface area contributed by atoms with E-state index in [4.69, 9.17) is 4.74 Å². The molecule has 0 atom stereocenters. The number of amides is 2. The molecule has 2 aromatic carbocycles. The van der Waals surface area contributed by atoms with E-state index in [2.05, 4.69) is 29.4 Å². The monoisotopic (exact) mass is 383 g/mol. The highest BCUT2D eigenvalue weighted by Gasteiger charge is 2.09. The first-order valence-electron chi connectivity index (χ1n) is 9.72. The van der Waals surface area contributed by atoms with E-state index in [9.17, 15) is 9.59 Å². The number of hydrogen-bond donors (Lipinski definition) is 2. The molecule has 0 fully saturated rings. The molecular weight excluding hydrogens is 354 g/mol. The van der Waals surface area contributed by atoms with Gasteiger partial charge in [0.15, 0.2) is 0 Å². The molecule has 0 heterocycles. The lowest BCUT2D eigenvalue weighted by molar-refractivity contribution is 0.0948. The van der Waals surface area contributed by atoms with Crippen LogP contribution in [0.5, 0.6) is 5.75 Å². The van der Waals surface area contributed by atoms with Crippen LogP contribution in [0.2, 0.25) is 0 Å². The molecule has 0 spiro atoms. The summed E-state index contributed by atoms with van der Waals surface area (Å²) in [6, 6.07) is 13.9. The second kappa shape index (κ2) is 11.1. The van der Waals surface area contributed by atoms with Crippen LogP contribution in [0.4, 0.5) is 5.69 Å². The van der Waals surface area contributed by atoms with Gasteiger partial charge in [0.2, 0.25) is 0 Å². The third kappa shape index (κ3) is 6.39. The van der Waals surface area contributed by atoms with E-state index in [1.54, 1.807) is 42.5 Å². The number of carbonyl (C=O) groups excluding carboxylic acids is 2. The average Bonchev–Trinajstić information content (AvgIpc) is 2.72. The normalized spacial score (nSPS) is 10.6. The zero-order valence-corrected chi connectivity index (χ0v) is 16.8. The van der Waals surface area contributed by atoms with E-state index in [-0.39, 0.29) is 11.8 Å². The summed E-state index contributed by atoms with van der Waals surface area (Å²) in [4.78, 5) is 26.9. The van der Waals surface area contributed by atoms with E-state index in [0.717, 1.165) is 19.6 Å². The zero-order chi connectivity index (χ0) is 20.4. The Hall–Kier alpha value is -2.86. The molecule has 2 rings (SSSR count). The van der Waals surface area contributed by atoms with Crippen molar-refractivity contribution in [2.24, 2.45) is 0 Å². The molecule has 0 aliphatic rings. The number of nitrogens with one attached hydrogen (secondary N) is 2. The van der Waals surface area contributed by atoms with Crippen molar-refractivity contribution in [1.29, 1.82) is 0 Å². The Morgan fingerprint density at radius 3 is 2.29 bits per heavy atom. The van der Waals surface area contributed by atoms with Gasteiger partial charge in [-0.05, 0) is 62.5 Å². The van der Waals surface area contributed by atoms with Crippen molar-refractivity contribution >= 4 is 17.5 Å². The van der Waals surface area contributed by atoms with Crippen LogP contribution in [0, 0.1) is 0 Å². The van der Waals surface area contributed by atoms with Crippen molar-refractivity contribution in [1.82, 2.24) is 10.2 Å². The van der Waals surface area contributed by atoms with Crippen LogP contribution in [0.3, 0.4) is 0 Å². The average molecular weight is 383 g/mol. The van der Waals surface area contributed by atoms with E-state index in [1.165, 1.54) is 0 Å². The van der Waals surface area contributed by atoms with Crippen LogP contribution in [-0.2, 0) is 0 Å². The smallest absolute Gasteiger partial charge is 0.255 e. The number of carbonyl (C=O) groups is 2. The van der Waals surface area contributed by atoms with E-state index < -0.39 is 0 Å². The van der Waals surface area contributed by atoms with Crippen LogP contribution in [0.1, 0.15) is 41.5 Å². The summed E-state index contributed by atoms with van der Waals surface area (Å²) in [6.07, 6.45) is 0. The van der Waals surface area contributed by atoms with Crippen molar-refractivity contribution in [3.05, 3.63) is 59.7 Å². The minimum absolute atomic E-state index is 0.116. The minimum atomic E-state index is -0.224. The first kappa shape index (κ1) is 21.4. The summed E-state index contributed by atoms with van der Waals surface area (Å²) in [6.45, 7) is 10.0. The van der Waals surface area contributed by atoms with Gasteiger partial charge in [-0.3, -0.25) is 9.59 Å². The second-order valence-electron chi connectivity index (χ2n) is 6.28. The highest BCUT2D eigenvalue weighted by atomic mass is 16.5. The molecule has 6 nitrogen and oxygen atoms in total. The molecule has 0 aliphatic carbocycles. The molecule has 2 N–H and O–H groups in total. The van der Waals surface area contributed by atoms with Gasteiger partial charge in [0.25, 0.3) is 11.8 Å². The van der Waals surface area contributed by atoms with Crippen molar-refractivity contribution in [2.75, 3.05) is 38.1 Å². The molecular formula is C22H29N3O3. The number of anilines is 1. The molecule has 0 bridgehead atoms. The summed E-state index contributed by atoms with van der Waals surface area (Å²) in [5.41, 5.74) is 1.71. The number of hydrogen-bond acceptors (Lipinski definition) is 4. The Kier molecular flexibility index (Phi) is 8.49. The SMILES string of the molecule is CCOc1cccc(C(=O)Nc2ccc(C(=O)NCCN(CC)CC)cc2)c1. The maximum atomic E-state index is 12.4. The Bertz CT molecular complexity index is 771. The van der Waals surface area contributed by atoms with Crippen molar-refractivity contribution in [2.45, 2.75) is 20.8 Å². The van der Waals surface area contributed by atoms with Crippen LogP contribution in [0.25, 0.3) is 0 Å². The number of nitrogens with zero attached hydrogens (tertiary/aromatic N) is 1. The summed E-state index contributed by atoms with van der Waals surface area (Å²) in [5.74, 6) is 0.319. The third-order valence-electron chi connectivity index (χ3n) is 4.42. The molecule has 0 radical (unpaired) electrons. The Morgan fingerprint density at radius 1 is 0.929 bits per heavy atom. The van der Waals surface area contributed by atoms with Gasteiger partial charge in [-0.2, -0.15) is 0 Å². The highest BCUT2D eigenvalue weighted by Crippen LogP contribution is 2.16. The molecule has 0 saturated heterocycles. The van der Waals surface area contributed by atoms with Crippen LogP contribution in [-0.4, -0.2) is 49.5 Å². The predicted octanol–water partition coefficient (Wildman–Crippen LogP) is 3.41. The van der Waals surface area contributed by atoms with Crippen LogP contribution < -0.4 is 15.4 Å². The quantitative estimate of drug-likeness (QED) is 0.660. The zero-order valence-electron chi connectivity index (χ0n) is 16.8. The molecule has 150 valence electrons. The Balaban J connectivity index is 1.90. The number of rotatable bonds is 10. The fourth-order valence-corrected chi connectivity index (χ4v) is 2.77. The Morgan fingerprint density at radius 2 is 1.64 bits per heavy atom. The molecule has 0 saturated carbocycles. The van der Waals surface area contributed by atoms with E-state index >= 15 is 0 Å². The van der Waals surface area contributed by atoms with Gasteiger partial charge in [0.05, 0.1) is 6.61 Å². The second-order valence-corrected chi connectivity index (χ2v) is 6.28. The fraction of sp³-hybridized carbons (Fsp3) is 0.364. The van der Waals surface area contributed by atoms with Crippen molar-refractivity contribution in [3.63, 3.8) is 0 Å². The lowest BCUT2D eigenvalue weighted by atomic mass is 10.1. The highest BCUT2D eigenvalue weighted by molar-refractivity contribution is 6.04. The van der Waals surface area contributed by atoms with E-state index in [1.807, 2.05) is 13.0 Å². The van der Waals surface area contributed by atoms with Crippen molar-refractivity contribution in [3.8, 4) is 5.75 Å². The molecule has 6 heteroatoms. The van der Waals surface area contributed by atoms with Gasteiger partial charge in [-0.25, -0.2) is 0 Å². The number of likely N-dealkylation sites (N-methyl/N-ethyl adjacent to an activating group) is 1. The Labute approximate surface area is 166 Å². The maximum absolute atomic E-state index is 12.4. The standard InChI is InChI=1S/C22H29N3O3/c1-4-25(5-2)15-14-23-21(26)17-10-12-19(13-11-17)24-22(27)18-8-7-9-20(16-18)28-6-3/h7-13,16H,4-6,14-15H2,1-3H3,(H,23,26)(H,24,27). The maximum Gasteiger partial charge on any atom is 0.255 e. The summed E-state index contributed by atoms with van der Waals surface area (Å²) in [5, 5.41) is 5.75. The lowest BCUT2D eigenvalue weighted by Crippen LogP contribution is -2.34. The number of benzene rings is 2. The summed E-state index contributed by atoms with van der Waals surface area (Å²) >= 11 is 0. The third-order valence-corrected chi connectivity index (χ3v) is 4.42. The fourth-order valence-electron chi connectivity index (χ4n) is 2.77. The minimum Gasteiger partial charge on any atom is -0.494 e. The molecule has 2 aromatic rings. The van der Waals surface area contributed by atoms with Gasteiger partial charge >= 0.3 is 0 Å². The van der Waals surface area contributed by atoms with Crippen LogP contribution in [0.15, 0.2) is 48.5 Å². The van der Waals surface area contributed by atoms with Gasteiger partial charge in [0.1, 0.15) is 5.75 Å². The molecule has 0 aromatic heterocycles. The van der Waals surface area contributed by atoms with Gasteiger partial charge in [-0.15, -0.1) is 0 Å². The molecule has 0 unspecified atom stereocenters. The van der Waals surface area contributed by atoms with Gasteiger partial charge in [0, 0.05) is 29.9 Å². The van der Waals surface area contributed by atoms with Gasteiger partial charge in [-0.1, -0.05) is 19.9 Å². The topological polar surface area (TPSA) is 70.7 Å². The predicted molar refractivity (Wildman–Crippen MR) is 112 cm³/mol. The summed E-state index contributed by atoms with van der Waals surface area (Å²) < 4.78 is 5.42. The van der Waals surface area contributed by atoms with E-state index in [0.29, 0.717) is 35.7 Å². The van der Waals surface area contributed by atoms with Crippen molar-refractivity contribution < 1.29 is 14.3 Å². The van der Waals surface area contributed by atoms with Gasteiger partial charge < -0.3 is 20.3 Å². The molecule has 28 heavy (non-hydrogen) atoms. The largest absolute Gasteiger partial charge is 0.494 e. The first-order valence-corrected chi connectivity index (χ1v) is 9.72. The number of ether oxygens (including phenoxy) is 1. The summed E-state index contributed by atoms with van der Waals surface area (Å²) in [7, 11) is 0. The first-order chi connectivity index (χ1) is 13.6. The lowest BCUT2D eigenvalue weighted by Gasteiger charge is -2.18.